The highest BCUT2D eigenvalue weighted by molar-refractivity contribution is 5.31. The van der Waals surface area contributed by atoms with E-state index < -0.39 is 0 Å². The molecular formula is C19H32O. The van der Waals surface area contributed by atoms with Crippen LogP contribution < -0.4 is 0 Å². The molecule has 1 atom stereocenters. The van der Waals surface area contributed by atoms with Crippen LogP contribution in [0.1, 0.15) is 87.5 Å². The zero-order valence-electron chi connectivity index (χ0n) is 13.6. The topological polar surface area (TPSA) is 20.2 Å². The van der Waals surface area contributed by atoms with Gasteiger partial charge in [-0.3, -0.25) is 0 Å². The van der Waals surface area contributed by atoms with E-state index in [1.54, 1.807) is 0 Å². The van der Waals surface area contributed by atoms with Crippen molar-refractivity contribution in [2.24, 2.45) is 0 Å². The van der Waals surface area contributed by atoms with E-state index in [1.807, 2.05) is 0 Å². The van der Waals surface area contributed by atoms with E-state index in [4.69, 9.17) is 0 Å². The van der Waals surface area contributed by atoms with Gasteiger partial charge in [-0.1, -0.05) is 82.1 Å². The summed E-state index contributed by atoms with van der Waals surface area (Å²) in [4.78, 5) is 0. The van der Waals surface area contributed by atoms with E-state index in [9.17, 15) is 5.11 Å². The lowest BCUT2D eigenvalue weighted by atomic mass is 9.97. The van der Waals surface area contributed by atoms with Gasteiger partial charge in [0, 0.05) is 0 Å². The van der Waals surface area contributed by atoms with Crippen LogP contribution in [0.25, 0.3) is 0 Å². The summed E-state index contributed by atoms with van der Waals surface area (Å²) in [5.41, 5.74) is 3.60. The summed E-state index contributed by atoms with van der Waals surface area (Å²) < 4.78 is 0. The van der Waals surface area contributed by atoms with Crippen molar-refractivity contribution in [3.8, 4) is 0 Å². The van der Waals surface area contributed by atoms with Crippen molar-refractivity contribution in [1.29, 1.82) is 0 Å². The Labute approximate surface area is 125 Å². The summed E-state index contributed by atoms with van der Waals surface area (Å²) in [6.07, 6.45) is 11.2. The zero-order valence-corrected chi connectivity index (χ0v) is 13.6. The standard InChI is InChI=1S/C19H32O/c1-4-5-6-7-8-9-10-11-12-19(20)18-14-13-16(2)15-17(18)3/h13-15,19-20H,4-12H2,1-3H3. The smallest absolute Gasteiger partial charge is 0.0792 e. The molecule has 0 spiro atoms. The van der Waals surface area contributed by atoms with Gasteiger partial charge in [-0.15, -0.1) is 0 Å². The van der Waals surface area contributed by atoms with Gasteiger partial charge in [-0.25, -0.2) is 0 Å². The number of hydrogen-bond acceptors (Lipinski definition) is 1. The molecule has 0 radical (unpaired) electrons. The Morgan fingerprint density at radius 2 is 1.50 bits per heavy atom. The Balaban J connectivity index is 2.15. The van der Waals surface area contributed by atoms with Gasteiger partial charge in [0.15, 0.2) is 0 Å². The summed E-state index contributed by atoms with van der Waals surface area (Å²) in [7, 11) is 0. The van der Waals surface area contributed by atoms with Crippen molar-refractivity contribution in [1.82, 2.24) is 0 Å². The van der Waals surface area contributed by atoms with Crippen LogP contribution >= 0.6 is 0 Å². The van der Waals surface area contributed by atoms with Gasteiger partial charge < -0.3 is 5.11 Å². The monoisotopic (exact) mass is 276 g/mol. The number of aliphatic hydroxyl groups is 1. The molecule has 114 valence electrons. The molecule has 1 heteroatoms. The minimum absolute atomic E-state index is 0.282. The summed E-state index contributed by atoms with van der Waals surface area (Å²) in [6.45, 7) is 6.45. The molecule has 1 N–H and O–H groups in total. The highest BCUT2D eigenvalue weighted by Crippen LogP contribution is 2.24. The van der Waals surface area contributed by atoms with E-state index >= 15 is 0 Å². The lowest BCUT2D eigenvalue weighted by Gasteiger charge is -2.14. The highest BCUT2D eigenvalue weighted by Gasteiger charge is 2.09. The van der Waals surface area contributed by atoms with E-state index in [0.717, 1.165) is 18.4 Å². The maximum atomic E-state index is 10.3. The number of hydrogen-bond donors (Lipinski definition) is 1. The average Bonchev–Trinajstić information content (AvgIpc) is 2.41. The van der Waals surface area contributed by atoms with Crippen LogP contribution in [0.2, 0.25) is 0 Å². The van der Waals surface area contributed by atoms with Crippen LogP contribution in [0.3, 0.4) is 0 Å². The Morgan fingerprint density at radius 3 is 2.10 bits per heavy atom. The molecule has 1 aromatic rings. The number of aliphatic hydroxyl groups excluding tert-OH is 1. The second kappa shape index (κ2) is 9.99. The maximum Gasteiger partial charge on any atom is 0.0792 e. The minimum atomic E-state index is -0.282. The van der Waals surface area contributed by atoms with Gasteiger partial charge in [0.1, 0.15) is 0 Å². The van der Waals surface area contributed by atoms with Crippen molar-refractivity contribution in [3.63, 3.8) is 0 Å². The first-order chi connectivity index (χ1) is 9.65. The molecule has 1 nitrogen and oxygen atoms in total. The molecule has 0 saturated heterocycles. The fraction of sp³-hybridized carbons (Fsp3) is 0.684. The first-order valence-electron chi connectivity index (χ1n) is 8.40. The van der Waals surface area contributed by atoms with Gasteiger partial charge in [0.05, 0.1) is 6.10 Å². The van der Waals surface area contributed by atoms with Crippen LogP contribution in [-0.4, -0.2) is 5.11 Å². The predicted molar refractivity (Wildman–Crippen MR) is 88.1 cm³/mol. The molecule has 20 heavy (non-hydrogen) atoms. The van der Waals surface area contributed by atoms with Crippen LogP contribution in [0.15, 0.2) is 18.2 Å². The fourth-order valence-corrected chi connectivity index (χ4v) is 2.83. The molecule has 0 aromatic heterocycles. The van der Waals surface area contributed by atoms with Crippen molar-refractivity contribution >= 4 is 0 Å². The molecule has 1 rings (SSSR count). The number of benzene rings is 1. The van der Waals surface area contributed by atoms with Crippen molar-refractivity contribution in [2.45, 2.75) is 84.7 Å². The van der Waals surface area contributed by atoms with Gasteiger partial charge in [0.2, 0.25) is 0 Å². The average molecular weight is 276 g/mol. The molecule has 0 aliphatic rings. The third-order valence-corrected chi connectivity index (χ3v) is 4.12. The quantitative estimate of drug-likeness (QED) is 0.530. The number of aryl methyl sites for hydroxylation is 2. The largest absolute Gasteiger partial charge is 0.388 e. The summed E-state index contributed by atoms with van der Waals surface area (Å²) in [5, 5.41) is 10.3. The first-order valence-corrected chi connectivity index (χ1v) is 8.40. The lowest BCUT2D eigenvalue weighted by molar-refractivity contribution is 0.162. The molecule has 0 heterocycles. The van der Waals surface area contributed by atoms with Crippen molar-refractivity contribution < 1.29 is 5.11 Å². The SMILES string of the molecule is CCCCCCCCCCC(O)c1ccc(C)cc1C. The predicted octanol–water partition coefficient (Wildman–Crippen LogP) is 5.87. The third kappa shape index (κ3) is 6.56. The van der Waals surface area contributed by atoms with Crippen LogP contribution in [0.5, 0.6) is 0 Å². The molecule has 0 bridgehead atoms. The first kappa shape index (κ1) is 17.2. The lowest BCUT2D eigenvalue weighted by Crippen LogP contribution is -2.00. The van der Waals surface area contributed by atoms with E-state index in [1.165, 1.54) is 56.1 Å². The second-order valence-corrected chi connectivity index (χ2v) is 6.14. The normalized spacial score (nSPS) is 12.6. The minimum Gasteiger partial charge on any atom is -0.388 e. The molecule has 1 unspecified atom stereocenters. The second-order valence-electron chi connectivity index (χ2n) is 6.14. The van der Waals surface area contributed by atoms with Crippen molar-refractivity contribution in [3.05, 3.63) is 34.9 Å². The molecular weight excluding hydrogens is 244 g/mol. The fourth-order valence-electron chi connectivity index (χ4n) is 2.83. The molecule has 0 saturated carbocycles. The van der Waals surface area contributed by atoms with Crippen molar-refractivity contribution in [2.75, 3.05) is 0 Å². The number of unbranched alkanes of at least 4 members (excludes halogenated alkanes) is 7. The van der Waals surface area contributed by atoms with Gasteiger partial charge in [-0.05, 0) is 31.4 Å². The number of rotatable bonds is 10. The molecule has 0 amide bonds. The van der Waals surface area contributed by atoms with Gasteiger partial charge in [0.25, 0.3) is 0 Å². The Morgan fingerprint density at radius 1 is 0.900 bits per heavy atom. The van der Waals surface area contributed by atoms with E-state index in [0.29, 0.717) is 0 Å². The van der Waals surface area contributed by atoms with Crippen LogP contribution in [-0.2, 0) is 0 Å². The summed E-state index contributed by atoms with van der Waals surface area (Å²) >= 11 is 0. The molecule has 0 aliphatic carbocycles. The van der Waals surface area contributed by atoms with Crippen LogP contribution in [0, 0.1) is 13.8 Å². The molecule has 0 aliphatic heterocycles. The van der Waals surface area contributed by atoms with E-state index in [2.05, 4.69) is 39.0 Å². The van der Waals surface area contributed by atoms with Crippen LogP contribution in [0.4, 0.5) is 0 Å². The third-order valence-electron chi connectivity index (χ3n) is 4.12. The Kier molecular flexibility index (Phi) is 8.60. The Hall–Kier alpha value is -0.820. The Bertz CT molecular complexity index is 370. The summed E-state index contributed by atoms with van der Waals surface area (Å²) in [6, 6.07) is 6.34. The molecule has 0 fully saturated rings. The van der Waals surface area contributed by atoms with Gasteiger partial charge >= 0.3 is 0 Å². The van der Waals surface area contributed by atoms with Gasteiger partial charge in [-0.2, -0.15) is 0 Å². The summed E-state index contributed by atoms with van der Waals surface area (Å²) in [5.74, 6) is 0. The molecule has 1 aromatic carbocycles. The maximum absolute atomic E-state index is 10.3. The zero-order chi connectivity index (χ0) is 14.8. The highest BCUT2D eigenvalue weighted by atomic mass is 16.3. The van der Waals surface area contributed by atoms with E-state index in [-0.39, 0.29) is 6.10 Å².